The van der Waals surface area contributed by atoms with Gasteiger partial charge in [0.1, 0.15) is 0 Å². The molecule has 3 rings (SSSR count). The average molecular weight is 396 g/mol. The van der Waals surface area contributed by atoms with Crippen LogP contribution in [-0.4, -0.2) is 64.3 Å². The number of ether oxygens (including phenoxy) is 1. The summed E-state index contributed by atoms with van der Waals surface area (Å²) >= 11 is 0. The zero-order chi connectivity index (χ0) is 19.4. The van der Waals surface area contributed by atoms with Crippen molar-refractivity contribution in [1.29, 1.82) is 0 Å². The SMILES string of the molecule is COC1CCN(c2ccc(NC(=O)C3CCN(S(C)(=O)=O)CC3)cc2)CC1. The molecule has 1 aromatic rings. The number of benzene rings is 1. The highest BCUT2D eigenvalue weighted by atomic mass is 32.2. The van der Waals surface area contributed by atoms with Gasteiger partial charge in [0, 0.05) is 50.6 Å². The van der Waals surface area contributed by atoms with E-state index in [-0.39, 0.29) is 11.8 Å². The lowest BCUT2D eigenvalue weighted by Crippen LogP contribution is -2.40. The van der Waals surface area contributed by atoms with Gasteiger partial charge in [-0.2, -0.15) is 0 Å². The maximum atomic E-state index is 12.5. The van der Waals surface area contributed by atoms with Crippen molar-refractivity contribution >= 4 is 27.3 Å². The number of rotatable bonds is 5. The first-order chi connectivity index (χ1) is 12.9. The Morgan fingerprint density at radius 1 is 1.04 bits per heavy atom. The molecule has 2 heterocycles. The molecule has 1 N–H and O–H groups in total. The molecule has 0 unspecified atom stereocenters. The zero-order valence-corrected chi connectivity index (χ0v) is 16.9. The largest absolute Gasteiger partial charge is 0.381 e. The molecule has 2 aliphatic rings. The monoisotopic (exact) mass is 395 g/mol. The number of anilines is 2. The Morgan fingerprint density at radius 3 is 2.15 bits per heavy atom. The lowest BCUT2D eigenvalue weighted by atomic mass is 9.97. The van der Waals surface area contributed by atoms with Gasteiger partial charge in [0.25, 0.3) is 0 Å². The highest BCUT2D eigenvalue weighted by molar-refractivity contribution is 7.88. The van der Waals surface area contributed by atoms with Crippen molar-refractivity contribution in [2.24, 2.45) is 5.92 Å². The van der Waals surface area contributed by atoms with Gasteiger partial charge < -0.3 is 15.0 Å². The third kappa shape index (κ3) is 5.21. The van der Waals surface area contributed by atoms with Crippen molar-refractivity contribution in [2.45, 2.75) is 31.8 Å². The predicted molar refractivity (Wildman–Crippen MR) is 106 cm³/mol. The number of nitrogens with one attached hydrogen (secondary N) is 1. The molecule has 1 amide bonds. The molecule has 7 nitrogen and oxygen atoms in total. The van der Waals surface area contributed by atoms with Crippen LogP contribution in [0.15, 0.2) is 24.3 Å². The summed E-state index contributed by atoms with van der Waals surface area (Å²) in [4.78, 5) is 14.8. The number of nitrogens with zero attached hydrogens (tertiary/aromatic N) is 2. The molecule has 0 radical (unpaired) electrons. The summed E-state index contributed by atoms with van der Waals surface area (Å²) < 4.78 is 30.0. The van der Waals surface area contributed by atoms with E-state index in [4.69, 9.17) is 4.74 Å². The Labute approximate surface area is 161 Å². The Hall–Kier alpha value is -1.64. The molecule has 0 aliphatic carbocycles. The molecule has 2 fully saturated rings. The summed E-state index contributed by atoms with van der Waals surface area (Å²) in [5.41, 5.74) is 1.94. The second-order valence-corrected chi connectivity index (χ2v) is 9.38. The van der Waals surface area contributed by atoms with Crippen molar-refractivity contribution in [2.75, 3.05) is 49.8 Å². The fourth-order valence-electron chi connectivity index (χ4n) is 3.80. The minimum absolute atomic E-state index is 0.0307. The molecule has 0 bridgehead atoms. The molecule has 0 aromatic heterocycles. The topological polar surface area (TPSA) is 79.0 Å². The Morgan fingerprint density at radius 2 is 1.63 bits per heavy atom. The van der Waals surface area contributed by atoms with Gasteiger partial charge in [0.2, 0.25) is 15.9 Å². The quantitative estimate of drug-likeness (QED) is 0.824. The number of piperidine rings is 2. The number of methoxy groups -OCH3 is 1. The van der Waals surface area contributed by atoms with Crippen molar-refractivity contribution < 1.29 is 17.9 Å². The molecule has 8 heteroatoms. The maximum absolute atomic E-state index is 12.5. The first kappa shape index (κ1) is 20.1. The summed E-state index contributed by atoms with van der Waals surface area (Å²) in [7, 11) is -1.40. The third-order valence-corrected chi connectivity index (χ3v) is 6.87. The van der Waals surface area contributed by atoms with Gasteiger partial charge in [-0.15, -0.1) is 0 Å². The highest BCUT2D eigenvalue weighted by Crippen LogP contribution is 2.24. The molecule has 1 aromatic carbocycles. The van der Waals surface area contributed by atoms with Crippen LogP contribution < -0.4 is 10.2 Å². The minimum Gasteiger partial charge on any atom is -0.381 e. The van der Waals surface area contributed by atoms with E-state index >= 15 is 0 Å². The van der Waals surface area contributed by atoms with Gasteiger partial charge in [-0.25, -0.2) is 12.7 Å². The van der Waals surface area contributed by atoms with Crippen LogP contribution in [0, 0.1) is 5.92 Å². The second-order valence-electron chi connectivity index (χ2n) is 7.39. The average Bonchev–Trinajstić information content (AvgIpc) is 2.68. The van der Waals surface area contributed by atoms with Gasteiger partial charge in [-0.1, -0.05) is 0 Å². The highest BCUT2D eigenvalue weighted by Gasteiger charge is 2.29. The van der Waals surface area contributed by atoms with E-state index in [1.165, 1.54) is 10.6 Å². The van der Waals surface area contributed by atoms with Crippen LogP contribution in [0.5, 0.6) is 0 Å². The predicted octanol–water partition coefficient (Wildman–Crippen LogP) is 1.91. The second kappa shape index (κ2) is 8.58. The van der Waals surface area contributed by atoms with Crippen LogP contribution in [0.25, 0.3) is 0 Å². The van der Waals surface area contributed by atoms with Crippen LogP contribution in [0.3, 0.4) is 0 Å². The lowest BCUT2D eigenvalue weighted by molar-refractivity contribution is -0.120. The number of amides is 1. The Balaban J connectivity index is 1.51. The summed E-state index contributed by atoms with van der Waals surface area (Å²) in [6, 6.07) is 7.94. The Bertz CT molecular complexity index is 735. The van der Waals surface area contributed by atoms with Crippen LogP contribution in [0.1, 0.15) is 25.7 Å². The zero-order valence-electron chi connectivity index (χ0n) is 16.1. The summed E-state index contributed by atoms with van der Waals surface area (Å²) in [6.07, 6.45) is 4.75. The van der Waals surface area contributed by atoms with Crippen LogP contribution >= 0.6 is 0 Å². The molecule has 0 atom stereocenters. The van der Waals surface area contributed by atoms with Crippen molar-refractivity contribution in [1.82, 2.24) is 4.31 Å². The third-order valence-electron chi connectivity index (χ3n) is 5.57. The number of sulfonamides is 1. The molecule has 0 spiro atoms. The van der Waals surface area contributed by atoms with Gasteiger partial charge in [0.05, 0.1) is 12.4 Å². The molecule has 150 valence electrons. The van der Waals surface area contributed by atoms with E-state index in [1.54, 1.807) is 7.11 Å². The number of carbonyl (C=O) groups is 1. The van der Waals surface area contributed by atoms with Crippen molar-refractivity contribution in [3.63, 3.8) is 0 Å². The lowest BCUT2D eigenvalue weighted by Gasteiger charge is -2.33. The van der Waals surface area contributed by atoms with E-state index in [9.17, 15) is 13.2 Å². The van der Waals surface area contributed by atoms with E-state index < -0.39 is 10.0 Å². The smallest absolute Gasteiger partial charge is 0.227 e. The molecule has 2 saturated heterocycles. The van der Waals surface area contributed by atoms with Gasteiger partial charge >= 0.3 is 0 Å². The van der Waals surface area contributed by atoms with Crippen LogP contribution in [0.4, 0.5) is 11.4 Å². The van der Waals surface area contributed by atoms with E-state index in [1.807, 2.05) is 24.3 Å². The fraction of sp³-hybridized carbons (Fsp3) is 0.632. The van der Waals surface area contributed by atoms with Gasteiger partial charge in [-0.3, -0.25) is 4.79 Å². The first-order valence-electron chi connectivity index (χ1n) is 9.50. The van der Waals surface area contributed by atoms with Gasteiger partial charge in [0.15, 0.2) is 0 Å². The summed E-state index contributed by atoms with van der Waals surface area (Å²) in [5.74, 6) is -0.174. The standard InChI is InChI=1S/C19H29N3O4S/c1-26-18-9-11-21(12-10-18)17-5-3-16(4-6-17)20-19(23)15-7-13-22(14-8-15)27(2,24)25/h3-6,15,18H,7-14H2,1-2H3,(H,20,23). The minimum atomic E-state index is -3.17. The summed E-state index contributed by atoms with van der Waals surface area (Å²) in [6.45, 7) is 2.77. The summed E-state index contributed by atoms with van der Waals surface area (Å²) in [5, 5.41) is 2.97. The molecule has 27 heavy (non-hydrogen) atoms. The Kier molecular flexibility index (Phi) is 6.39. The molecular weight excluding hydrogens is 366 g/mol. The van der Waals surface area contributed by atoms with Crippen LogP contribution in [0.2, 0.25) is 0 Å². The van der Waals surface area contributed by atoms with Crippen molar-refractivity contribution in [3.05, 3.63) is 24.3 Å². The number of carbonyl (C=O) groups excluding carboxylic acids is 1. The molecule has 2 aliphatic heterocycles. The molecular formula is C19H29N3O4S. The van der Waals surface area contributed by atoms with Crippen LogP contribution in [-0.2, 0) is 19.6 Å². The van der Waals surface area contributed by atoms with Gasteiger partial charge in [-0.05, 0) is 49.9 Å². The maximum Gasteiger partial charge on any atom is 0.227 e. The van der Waals surface area contributed by atoms with Crippen molar-refractivity contribution in [3.8, 4) is 0 Å². The number of hydrogen-bond acceptors (Lipinski definition) is 5. The fourth-order valence-corrected chi connectivity index (χ4v) is 4.67. The van der Waals surface area contributed by atoms with E-state index in [0.29, 0.717) is 32.0 Å². The van der Waals surface area contributed by atoms with E-state index in [0.717, 1.165) is 37.3 Å². The number of hydrogen-bond donors (Lipinski definition) is 1. The van der Waals surface area contributed by atoms with E-state index in [2.05, 4.69) is 10.2 Å². The normalized spacial score (nSPS) is 20.6. The molecule has 0 saturated carbocycles. The first-order valence-corrected chi connectivity index (χ1v) is 11.4.